The number of hydrogen-bond donors (Lipinski definition) is 2. The van der Waals surface area contributed by atoms with E-state index in [1.807, 2.05) is 0 Å². The maximum atomic E-state index is 13.6. The first kappa shape index (κ1) is 15.3. The standard InChI is InChI=1S/C13H10F2N2O2S2/c14-8-5-6-11(9(7-8)13(16)20)17-21(18,19)12-4-2-1-3-10(12)15/h1-7,17H,(H2,16,20). The van der Waals surface area contributed by atoms with Crippen LogP contribution in [-0.4, -0.2) is 13.4 Å². The molecule has 8 heteroatoms. The summed E-state index contributed by atoms with van der Waals surface area (Å²) in [5.41, 5.74) is 5.42. The van der Waals surface area contributed by atoms with Crippen LogP contribution in [0.4, 0.5) is 14.5 Å². The van der Waals surface area contributed by atoms with Crippen LogP contribution < -0.4 is 10.5 Å². The predicted octanol–water partition coefficient (Wildman–Crippen LogP) is 2.40. The number of nitrogens with one attached hydrogen (secondary N) is 1. The molecule has 0 fully saturated rings. The predicted molar refractivity (Wildman–Crippen MR) is 79.5 cm³/mol. The van der Waals surface area contributed by atoms with E-state index in [0.717, 1.165) is 24.3 Å². The van der Waals surface area contributed by atoms with Crippen LogP contribution >= 0.6 is 12.2 Å². The number of benzene rings is 2. The largest absolute Gasteiger partial charge is 0.389 e. The summed E-state index contributed by atoms with van der Waals surface area (Å²) in [4.78, 5) is -0.705. The molecular weight excluding hydrogens is 318 g/mol. The Bertz CT molecular complexity index is 808. The summed E-state index contributed by atoms with van der Waals surface area (Å²) in [5, 5.41) is 0. The molecule has 0 aliphatic heterocycles. The summed E-state index contributed by atoms with van der Waals surface area (Å²) in [6.45, 7) is 0. The summed E-state index contributed by atoms with van der Waals surface area (Å²) in [5.74, 6) is -1.52. The summed E-state index contributed by atoms with van der Waals surface area (Å²) in [7, 11) is -4.18. The Balaban J connectivity index is 2.47. The van der Waals surface area contributed by atoms with E-state index >= 15 is 0 Å². The van der Waals surface area contributed by atoms with Crippen LogP contribution in [0.25, 0.3) is 0 Å². The lowest BCUT2D eigenvalue weighted by molar-refractivity contribution is 0.570. The Morgan fingerprint density at radius 3 is 2.43 bits per heavy atom. The van der Waals surface area contributed by atoms with Crippen LogP contribution in [0, 0.1) is 11.6 Å². The Kier molecular flexibility index (Phi) is 4.19. The molecule has 0 saturated carbocycles. The molecule has 0 aliphatic rings. The first-order chi connectivity index (χ1) is 9.81. The van der Waals surface area contributed by atoms with Gasteiger partial charge in [-0.2, -0.15) is 0 Å². The van der Waals surface area contributed by atoms with Crippen molar-refractivity contribution in [2.45, 2.75) is 4.90 Å². The Hall–Kier alpha value is -2.06. The van der Waals surface area contributed by atoms with Crippen molar-refractivity contribution in [3.63, 3.8) is 0 Å². The van der Waals surface area contributed by atoms with E-state index in [4.69, 9.17) is 18.0 Å². The number of anilines is 1. The van der Waals surface area contributed by atoms with E-state index in [1.54, 1.807) is 0 Å². The zero-order valence-electron chi connectivity index (χ0n) is 10.5. The second-order valence-electron chi connectivity index (χ2n) is 4.09. The first-order valence-corrected chi connectivity index (χ1v) is 7.57. The van der Waals surface area contributed by atoms with Crippen molar-refractivity contribution in [1.82, 2.24) is 0 Å². The third kappa shape index (κ3) is 3.34. The molecule has 2 aromatic carbocycles. The minimum atomic E-state index is -4.18. The molecule has 3 N–H and O–H groups in total. The molecule has 21 heavy (non-hydrogen) atoms. The fourth-order valence-electron chi connectivity index (χ4n) is 1.67. The normalized spacial score (nSPS) is 11.1. The van der Waals surface area contributed by atoms with Crippen LogP contribution in [-0.2, 0) is 10.0 Å². The minimum absolute atomic E-state index is 0.0184. The molecule has 0 radical (unpaired) electrons. The molecule has 2 aromatic rings. The van der Waals surface area contributed by atoms with Crippen LogP contribution in [0.15, 0.2) is 47.4 Å². The average Bonchev–Trinajstić information content (AvgIpc) is 2.40. The van der Waals surface area contributed by atoms with Crippen molar-refractivity contribution >= 4 is 32.9 Å². The molecule has 0 aromatic heterocycles. The number of rotatable bonds is 4. The lowest BCUT2D eigenvalue weighted by Crippen LogP contribution is -2.19. The molecule has 0 bridgehead atoms. The van der Waals surface area contributed by atoms with Gasteiger partial charge in [-0.05, 0) is 30.3 Å². The highest BCUT2D eigenvalue weighted by Gasteiger charge is 2.20. The van der Waals surface area contributed by atoms with E-state index in [-0.39, 0.29) is 16.2 Å². The molecular formula is C13H10F2N2O2S2. The van der Waals surface area contributed by atoms with Gasteiger partial charge in [-0.3, -0.25) is 4.72 Å². The quantitative estimate of drug-likeness (QED) is 0.846. The van der Waals surface area contributed by atoms with Crippen molar-refractivity contribution in [1.29, 1.82) is 0 Å². The summed E-state index contributed by atoms with van der Waals surface area (Å²) >= 11 is 4.74. The topological polar surface area (TPSA) is 72.2 Å². The van der Waals surface area contributed by atoms with Gasteiger partial charge in [0, 0.05) is 5.56 Å². The molecule has 0 atom stereocenters. The molecule has 0 spiro atoms. The van der Waals surface area contributed by atoms with E-state index < -0.39 is 26.6 Å². The molecule has 0 unspecified atom stereocenters. The van der Waals surface area contributed by atoms with Crippen molar-refractivity contribution in [3.8, 4) is 0 Å². The lowest BCUT2D eigenvalue weighted by atomic mass is 10.2. The maximum absolute atomic E-state index is 13.6. The second-order valence-corrected chi connectivity index (χ2v) is 6.18. The number of thiocarbonyl (C=S) groups is 1. The lowest BCUT2D eigenvalue weighted by Gasteiger charge is -2.12. The SMILES string of the molecule is NC(=S)c1cc(F)ccc1NS(=O)(=O)c1ccccc1F. The van der Waals surface area contributed by atoms with Crippen LogP contribution in [0.2, 0.25) is 0 Å². The van der Waals surface area contributed by atoms with Gasteiger partial charge in [-0.15, -0.1) is 0 Å². The number of hydrogen-bond acceptors (Lipinski definition) is 3. The third-order valence-electron chi connectivity index (χ3n) is 2.62. The second kappa shape index (κ2) is 5.74. The Morgan fingerprint density at radius 2 is 1.81 bits per heavy atom. The van der Waals surface area contributed by atoms with Gasteiger partial charge >= 0.3 is 0 Å². The smallest absolute Gasteiger partial charge is 0.264 e. The summed E-state index contributed by atoms with van der Waals surface area (Å²) in [6, 6.07) is 8.10. The highest BCUT2D eigenvalue weighted by Crippen LogP contribution is 2.22. The Labute approximate surface area is 125 Å². The first-order valence-electron chi connectivity index (χ1n) is 5.68. The third-order valence-corrected chi connectivity index (χ3v) is 4.24. The number of sulfonamides is 1. The van der Waals surface area contributed by atoms with Gasteiger partial charge in [0.1, 0.15) is 21.5 Å². The highest BCUT2D eigenvalue weighted by molar-refractivity contribution is 7.92. The van der Waals surface area contributed by atoms with E-state index in [2.05, 4.69) is 4.72 Å². The van der Waals surface area contributed by atoms with Crippen LogP contribution in [0.1, 0.15) is 5.56 Å². The van der Waals surface area contributed by atoms with Gasteiger partial charge in [0.05, 0.1) is 5.69 Å². The average molecular weight is 328 g/mol. The minimum Gasteiger partial charge on any atom is -0.389 e. The van der Waals surface area contributed by atoms with E-state index in [1.165, 1.54) is 18.2 Å². The van der Waals surface area contributed by atoms with Crippen molar-refractivity contribution in [2.24, 2.45) is 5.73 Å². The molecule has 110 valence electrons. The number of halogens is 2. The molecule has 0 amide bonds. The zero-order chi connectivity index (χ0) is 15.6. The molecule has 0 saturated heterocycles. The fourth-order valence-corrected chi connectivity index (χ4v) is 3.00. The van der Waals surface area contributed by atoms with Gasteiger partial charge in [-0.25, -0.2) is 17.2 Å². The van der Waals surface area contributed by atoms with Gasteiger partial charge in [0.2, 0.25) is 0 Å². The van der Waals surface area contributed by atoms with E-state index in [0.29, 0.717) is 0 Å². The molecule has 0 heterocycles. The van der Waals surface area contributed by atoms with Gasteiger partial charge in [0.25, 0.3) is 10.0 Å². The zero-order valence-corrected chi connectivity index (χ0v) is 12.1. The van der Waals surface area contributed by atoms with Crippen molar-refractivity contribution in [3.05, 3.63) is 59.7 Å². The summed E-state index contributed by atoms with van der Waals surface area (Å²) in [6.07, 6.45) is 0. The van der Waals surface area contributed by atoms with Gasteiger partial charge < -0.3 is 5.73 Å². The van der Waals surface area contributed by atoms with Gasteiger partial charge in [-0.1, -0.05) is 24.4 Å². The molecule has 4 nitrogen and oxygen atoms in total. The molecule has 0 aliphatic carbocycles. The monoisotopic (exact) mass is 328 g/mol. The van der Waals surface area contributed by atoms with Gasteiger partial charge in [0.15, 0.2) is 0 Å². The number of nitrogens with two attached hydrogens (primary N) is 1. The molecule has 2 rings (SSSR count). The summed E-state index contributed by atoms with van der Waals surface area (Å²) < 4.78 is 53.2. The fraction of sp³-hybridized carbons (Fsp3) is 0. The van der Waals surface area contributed by atoms with Crippen LogP contribution in [0.3, 0.4) is 0 Å². The van der Waals surface area contributed by atoms with E-state index in [9.17, 15) is 17.2 Å². The van der Waals surface area contributed by atoms with Crippen molar-refractivity contribution in [2.75, 3.05) is 4.72 Å². The van der Waals surface area contributed by atoms with Crippen molar-refractivity contribution < 1.29 is 17.2 Å². The Morgan fingerprint density at radius 1 is 1.14 bits per heavy atom. The maximum Gasteiger partial charge on any atom is 0.264 e. The van der Waals surface area contributed by atoms with Crippen LogP contribution in [0.5, 0.6) is 0 Å². The highest BCUT2D eigenvalue weighted by atomic mass is 32.2.